The number of nitrogens with two attached hydrogens (primary N) is 1. The molecule has 3 aromatic rings. The van der Waals surface area contributed by atoms with Crippen LogP contribution in [0.5, 0.6) is 5.75 Å². The summed E-state index contributed by atoms with van der Waals surface area (Å²) in [7, 11) is 0. The van der Waals surface area contributed by atoms with Gasteiger partial charge in [0.15, 0.2) is 5.82 Å². The van der Waals surface area contributed by atoms with E-state index in [1.807, 2.05) is 55.5 Å². The first-order valence-corrected chi connectivity index (χ1v) is 8.86. The molecule has 1 heterocycles. The molecule has 2 aromatic carbocycles. The zero-order valence-electron chi connectivity index (χ0n) is 15.6. The number of hydrogen-bond donors (Lipinski definition) is 3. The number of carbonyl (C=O) groups is 1. The summed E-state index contributed by atoms with van der Waals surface area (Å²) in [6, 6.07) is 15.2. The van der Waals surface area contributed by atoms with Crippen molar-refractivity contribution in [1.82, 2.24) is 15.2 Å². The number of H-pyrrole nitrogens is 1. The Bertz CT molecular complexity index is 896. The molecule has 0 saturated carbocycles. The summed E-state index contributed by atoms with van der Waals surface area (Å²) in [6.45, 7) is 2.82. The molecule has 7 nitrogen and oxygen atoms in total. The number of anilines is 1. The lowest BCUT2D eigenvalue weighted by molar-refractivity contribution is -0.116. The van der Waals surface area contributed by atoms with Crippen molar-refractivity contribution in [3.05, 3.63) is 59.9 Å². The standard InChI is InChI=1S/C20H23N5O2.ClH/c1-14-5-2-3-6-17(14)27-12-4-7-19(26)22-16-10-8-15(9-11-16)20-23-18(13-21)24-25-20;/h2-3,5-6,8-11H,4,7,12-13,21H2,1H3,(H,22,26)(H,23,24,25);1H. The average molecular weight is 402 g/mol. The van der Waals surface area contributed by atoms with E-state index in [1.165, 1.54) is 0 Å². The zero-order valence-corrected chi connectivity index (χ0v) is 16.5. The molecule has 0 atom stereocenters. The van der Waals surface area contributed by atoms with E-state index in [1.54, 1.807) is 0 Å². The van der Waals surface area contributed by atoms with E-state index in [4.69, 9.17) is 10.5 Å². The van der Waals surface area contributed by atoms with Gasteiger partial charge in [-0.3, -0.25) is 9.89 Å². The van der Waals surface area contributed by atoms with E-state index in [9.17, 15) is 4.79 Å². The highest BCUT2D eigenvalue weighted by Crippen LogP contribution is 2.19. The van der Waals surface area contributed by atoms with Crippen molar-refractivity contribution >= 4 is 24.0 Å². The molecule has 1 aromatic heterocycles. The lowest BCUT2D eigenvalue weighted by Gasteiger charge is -2.09. The van der Waals surface area contributed by atoms with Crippen molar-refractivity contribution in [2.45, 2.75) is 26.3 Å². The first kappa shape index (κ1) is 21.4. The van der Waals surface area contributed by atoms with Gasteiger partial charge in [-0.15, -0.1) is 12.4 Å². The maximum Gasteiger partial charge on any atom is 0.224 e. The summed E-state index contributed by atoms with van der Waals surface area (Å²) in [5.41, 5.74) is 8.20. The van der Waals surface area contributed by atoms with Crippen LogP contribution in [0.3, 0.4) is 0 Å². The summed E-state index contributed by atoms with van der Waals surface area (Å²) in [6.07, 6.45) is 1.05. The number of halogens is 1. The molecule has 28 heavy (non-hydrogen) atoms. The lowest BCUT2D eigenvalue weighted by atomic mass is 10.2. The Hall–Kier alpha value is -2.90. The van der Waals surface area contributed by atoms with Crippen LogP contribution in [0.2, 0.25) is 0 Å². The molecule has 0 bridgehead atoms. The van der Waals surface area contributed by atoms with Crippen LogP contribution < -0.4 is 15.8 Å². The molecule has 0 unspecified atom stereocenters. The number of amides is 1. The number of carbonyl (C=O) groups excluding carboxylic acids is 1. The first-order chi connectivity index (χ1) is 13.2. The van der Waals surface area contributed by atoms with Crippen LogP contribution in [0.1, 0.15) is 24.2 Å². The Labute approximate surface area is 170 Å². The van der Waals surface area contributed by atoms with Gasteiger partial charge in [0.25, 0.3) is 0 Å². The molecule has 148 valence electrons. The second-order valence-corrected chi connectivity index (χ2v) is 6.15. The normalized spacial score (nSPS) is 10.2. The first-order valence-electron chi connectivity index (χ1n) is 8.86. The van der Waals surface area contributed by atoms with E-state index in [0.717, 1.165) is 22.6 Å². The van der Waals surface area contributed by atoms with Crippen molar-refractivity contribution in [2.24, 2.45) is 5.73 Å². The summed E-state index contributed by atoms with van der Waals surface area (Å²) < 4.78 is 5.71. The van der Waals surface area contributed by atoms with Gasteiger partial charge in [-0.25, -0.2) is 4.98 Å². The highest BCUT2D eigenvalue weighted by molar-refractivity contribution is 5.90. The molecule has 0 fully saturated rings. The van der Waals surface area contributed by atoms with Crippen molar-refractivity contribution in [2.75, 3.05) is 11.9 Å². The maximum absolute atomic E-state index is 12.1. The second-order valence-electron chi connectivity index (χ2n) is 6.15. The molecule has 4 N–H and O–H groups in total. The van der Waals surface area contributed by atoms with Crippen LogP contribution in [0.15, 0.2) is 48.5 Å². The smallest absolute Gasteiger partial charge is 0.224 e. The molecule has 0 spiro atoms. The van der Waals surface area contributed by atoms with Gasteiger partial charge >= 0.3 is 0 Å². The quantitative estimate of drug-likeness (QED) is 0.501. The second kappa shape index (κ2) is 10.4. The van der Waals surface area contributed by atoms with Gasteiger partial charge in [0.2, 0.25) is 5.91 Å². The van der Waals surface area contributed by atoms with Crippen LogP contribution in [0.25, 0.3) is 11.4 Å². The van der Waals surface area contributed by atoms with E-state index < -0.39 is 0 Å². The van der Waals surface area contributed by atoms with Crippen LogP contribution in [-0.2, 0) is 11.3 Å². The van der Waals surface area contributed by atoms with Gasteiger partial charge in [0.05, 0.1) is 13.2 Å². The van der Waals surface area contributed by atoms with E-state index >= 15 is 0 Å². The number of rotatable bonds is 8. The number of aromatic nitrogens is 3. The minimum Gasteiger partial charge on any atom is -0.493 e. The average Bonchev–Trinajstić information content (AvgIpc) is 3.16. The van der Waals surface area contributed by atoms with Crippen molar-refractivity contribution < 1.29 is 9.53 Å². The predicted molar refractivity (Wildman–Crippen MR) is 111 cm³/mol. The molecule has 0 aliphatic heterocycles. The monoisotopic (exact) mass is 401 g/mol. The van der Waals surface area contributed by atoms with Crippen LogP contribution in [-0.4, -0.2) is 27.7 Å². The number of nitrogens with one attached hydrogen (secondary N) is 2. The van der Waals surface area contributed by atoms with E-state index in [-0.39, 0.29) is 18.3 Å². The minimum atomic E-state index is -0.0422. The number of aromatic amines is 1. The SMILES string of the molecule is Cc1ccccc1OCCCC(=O)Nc1ccc(-c2n[nH]c(CN)n2)cc1.Cl. The van der Waals surface area contributed by atoms with Gasteiger partial charge in [0.1, 0.15) is 11.6 Å². The van der Waals surface area contributed by atoms with Crippen molar-refractivity contribution in [3.8, 4) is 17.1 Å². The van der Waals surface area contributed by atoms with Gasteiger partial charge in [-0.05, 0) is 49.2 Å². The molecule has 8 heteroatoms. The molecule has 0 radical (unpaired) electrons. The van der Waals surface area contributed by atoms with Crippen LogP contribution >= 0.6 is 12.4 Å². The van der Waals surface area contributed by atoms with Gasteiger partial charge < -0.3 is 15.8 Å². The molecule has 3 rings (SSSR count). The van der Waals surface area contributed by atoms with E-state index in [0.29, 0.717) is 37.6 Å². The third-order valence-corrected chi connectivity index (χ3v) is 4.05. The predicted octanol–water partition coefficient (Wildman–Crippen LogP) is 3.46. The third kappa shape index (κ3) is 5.80. The lowest BCUT2D eigenvalue weighted by Crippen LogP contribution is -2.12. The topological polar surface area (TPSA) is 106 Å². The van der Waals surface area contributed by atoms with Gasteiger partial charge in [-0.2, -0.15) is 5.10 Å². The Morgan fingerprint density at radius 3 is 2.61 bits per heavy atom. The summed E-state index contributed by atoms with van der Waals surface area (Å²) in [4.78, 5) is 16.4. The molecule has 1 amide bonds. The molecule has 0 aliphatic rings. The minimum absolute atomic E-state index is 0. The Morgan fingerprint density at radius 2 is 1.93 bits per heavy atom. The number of para-hydroxylation sites is 1. The third-order valence-electron chi connectivity index (χ3n) is 4.05. The van der Waals surface area contributed by atoms with Crippen LogP contribution in [0.4, 0.5) is 5.69 Å². The van der Waals surface area contributed by atoms with Gasteiger partial charge in [0, 0.05) is 17.7 Å². The Balaban J connectivity index is 0.00000280. The number of hydrogen-bond acceptors (Lipinski definition) is 5. The number of aryl methyl sites for hydroxylation is 1. The highest BCUT2D eigenvalue weighted by Gasteiger charge is 2.07. The molecular formula is C20H24ClN5O2. The Morgan fingerprint density at radius 1 is 1.18 bits per heavy atom. The Kier molecular flexibility index (Phi) is 7.98. The zero-order chi connectivity index (χ0) is 19.1. The highest BCUT2D eigenvalue weighted by atomic mass is 35.5. The number of benzene rings is 2. The molecule has 0 aliphatic carbocycles. The number of nitrogens with zero attached hydrogens (tertiary/aromatic N) is 2. The van der Waals surface area contributed by atoms with E-state index in [2.05, 4.69) is 20.5 Å². The fraction of sp³-hybridized carbons (Fsp3) is 0.250. The summed E-state index contributed by atoms with van der Waals surface area (Å²) in [5, 5.41) is 9.77. The molecule has 0 saturated heterocycles. The fourth-order valence-electron chi connectivity index (χ4n) is 2.58. The van der Waals surface area contributed by atoms with Crippen molar-refractivity contribution in [3.63, 3.8) is 0 Å². The number of ether oxygens (including phenoxy) is 1. The maximum atomic E-state index is 12.1. The summed E-state index contributed by atoms with van der Waals surface area (Å²) >= 11 is 0. The van der Waals surface area contributed by atoms with Crippen LogP contribution in [0, 0.1) is 6.92 Å². The van der Waals surface area contributed by atoms with Crippen molar-refractivity contribution in [1.29, 1.82) is 0 Å². The molecular weight excluding hydrogens is 378 g/mol. The largest absolute Gasteiger partial charge is 0.493 e. The fourth-order valence-corrected chi connectivity index (χ4v) is 2.58. The summed E-state index contributed by atoms with van der Waals surface area (Å²) in [5.74, 6) is 2.04. The van der Waals surface area contributed by atoms with Gasteiger partial charge in [-0.1, -0.05) is 18.2 Å².